The Hall–Kier alpha value is -1.76. The van der Waals surface area contributed by atoms with Gasteiger partial charge in [-0.05, 0) is 47.2 Å². The third-order valence-corrected chi connectivity index (χ3v) is 3.76. The van der Waals surface area contributed by atoms with Crippen LogP contribution in [0.5, 0.6) is 11.5 Å². The van der Waals surface area contributed by atoms with Crippen LogP contribution < -0.4 is 9.47 Å². The predicted octanol–water partition coefficient (Wildman–Crippen LogP) is 4.00. The van der Waals surface area contributed by atoms with Gasteiger partial charge in [0, 0.05) is 5.56 Å². The van der Waals surface area contributed by atoms with E-state index < -0.39 is 0 Å². The number of hydrogen-bond donors (Lipinski definition) is 1. The van der Waals surface area contributed by atoms with Crippen LogP contribution in [0.15, 0.2) is 41.6 Å². The van der Waals surface area contributed by atoms with E-state index in [-0.39, 0.29) is 0 Å². The Balaban J connectivity index is 2.20. The van der Waals surface area contributed by atoms with Crippen LogP contribution in [0.2, 0.25) is 0 Å². The normalized spacial score (nSPS) is 10.8. The molecule has 2 aromatic rings. The first-order valence-corrected chi connectivity index (χ1v) is 7.45. The lowest BCUT2D eigenvalue weighted by atomic mass is 10.2. The number of ether oxygens (including phenoxy) is 2. The summed E-state index contributed by atoms with van der Waals surface area (Å²) in [5.74, 6) is 1.30. The molecule has 0 heterocycles. The number of benzene rings is 2. The first kappa shape index (κ1) is 15.6. The van der Waals surface area contributed by atoms with Gasteiger partial charge < -0.3 is 14.7 Å². The van der Waals surface area contributed by atoms with Crippen LogP contribution >= 0.6 is 22.6 Å². The van der Waals surface area contributed by atoms with E-state index in [9.17, 15) is 0 Å². The number of hydrogen-bond acceptors (Lipinski definition) is 4. The van der Waals surface area contributed by atoms with Gasteiger partial charge >= 0.3 is 0 Å². The standard InChI is InChI=1S/C16H16INO3/c1-11-3-5-12(6-4-11)10-21-16-14(17)7-13(9-18-19)8-15(16)20-2/h3-9,19H,10H2,1-2H3/b18-9-. The van der Waals surface area contributed by atoms with Crippen molar-refractivity contribution < 1.29 is 14.7 Å². The third kappa shape index (κ3) is 4.10. The summed E-state index contributed by atoms with van der Waals surface area (Å²) in [6, 6.07) is 11.8. The Morgan fingerprint density at radius 2 is 1.95 bits per heavy atom. The molecule has 0 radical (unpaired) electrons. The van der Waals surface area contributed by atoms with E-state index in [1.807, 2.05) is 18.2 Å². The minimum atomic E-state index is 0.472. The van der Waals surface area contributed by atoms with Crippen molar-refractivity contribution in [2.24, 2.45) is 5.16 Å². The van der Waals surface area contributed by atoms with Crippen molar-refractivity contribution >= 4 is 28.8 Å². The molecule has 2 aromatic carbocycles. The van der Waals surface area contributed by atoms with Crippen molar-refractivity contribution in [2.75, 3.05) is 7.11 Å². The van der Waals surface area contributed by atoms with Gasteiger partial charge in [0.2, 0.25) is 0 Å². The zero-order valence-corrected chi connectivity index (χ0v) is 14.0. The highest BCUT2D eigenvalue weighted by Crippen LogP contribution is 2.34. The Labute approximate surface area is 137 Å². The fourth-order valence-corrected chi connectivity index (χ4v) is 2.64. The van der Waals surface area contributed by atoms with Gasteiger partial charge in [0.05, 0.1) is 16.9 Å². The number of rotatable bonds is 5. The molecule has 0 aliphatic carbocycles. The molecule has 2 rings (SSSR count). The van der Waals surface area contributed by atoms with Crippen molar-refractivity contribution in [2.45, 2.75) is 13.5 Å². The highest BCUT2D eigenvalue weighted by Gasteiger charge is 2.11. The van der Waals surface area contributed by atoms with Crippen LogP contribution in [0.1, 0.15) is 16.7 Å². The molecule has 0 saturated heterocycles. The SMILES string of the molecule is COc1cc(/C=N\O)cc(I)c1OCc1ccc(C)cc1. The predicted molar refractivity (Wildman–Crippen MR) is 90.6 cm³/mol. The zero-order chi connectivity index (χ0) is 15.2. The van der Waals surface area contributed by atoms with Gasteiger partial charge in [-0.25, -0.2) is 0 Å². The molecular formula is C16H16INO3. The van der Waals surface area contributed by atoms with Crippen molar-refractivity contribution in [1.82, 2.24) is 0 Å². The van der Waals surface area contributed by atoms with Gasteiger partial charge in [-0.2, -0.15) is 0 Å². The smallest absolute Gasteiger partial charge is 0.174 e. The van der Waals surface area contributed by atoms with E-state index in [0.29, 0.717) is 18.1 Å². The van der Waals surface area contributed by atoms with E-state index >= 15 is 0 Å². The molecule has 0 bridgehead atoms. The number of oxime groups is 1. The molecule has 0 saturated carbocycles. The fourth-order valence-electron chi connectivity index (χ4n) is 1.86. The molecule has 0 atom stereocenters. The fraction of sp³-hybridized carbons (Fsp3) is 0.188. The first-order valence-electron chi connectivity index (χ1n) is 6.37. The monoisotopic (exact) mass is 397 g/mol. The molecule has 0 unspecified atom stereocenters. The summed E-state index contributed by atoms with van der Waals surface area (Å²) in [5, 5.41) is 11.6. The summed E-state index contributed by atoms with van der Waals surface area (Å²) in [5.41, 5.74) is 3.07. The molecule has 0 aliphatic heterocycles. The lowest BCUT2D eigenvalue weighted by molar-refractivity contribution is 0.282. The van der Waals surface area contributed by atoms with Gasteiger partial charge in [0.1, 0.15) is 6.61 Å². The van der Waals surface area contributed by atoms with Crippen molar-refractivity contribution in [3.8, 4) is 11.5 Å². The van der Waals surface area contributed by atoms with Crippen LogP contribution in [0.25, 0.3) is 0 Å². The molecular weight excluding hydrogens is 381 g/mol. The number of aryl methyl sites for hydroxylation is 1. The minimum absolute atomic E-state index is 0.472. The maximum Gasteiger partial charge on any atom is 0.174 e. The Bertz CT molecular complexity index is 639. The lowest BCUT2D eigenvalue weighted by Gasteiger charge is -2.13. The second-order valence-corrected chi connectivity index (χ2v) is 5.72. The van der Waals surface area contributed by atoms with E-state index in [4.69, 9.17) is 14.7 Å². The second kappa shape index (κ2) is 7.31. The number of halogens is 1. The summed E-state index contributed by atoms with van der Waals surface area (Å²) in [6.07, 6.45) is 1.36. The van der Waals surface area contributed by atoms with Gasteiger partial charge in [0.25, 0.3) is 0 Å². The van der Waals surface area contributed by atoms with E-state index in [1.54, 1.807) is 13.2 Å². The quantitative estimate of drug-likeness (QED) is 0.359. The molecule has 0 amide bonds. The number of methoxy groups -OCH3 is 1. The maximum absolute atomic E-state index is 8.61. The van der Waals surface area contributed by atoms with E-state index in [1.165, 1.54) is 11.8 Å². The molecule has 1 N–H and O–H groups in total. The van der Waals surface area contributed by atoms with E-state index in [0.717, 1.165) is 14.7 Å². The Morgan fingerprint density at radius 1 is 1.24 bits per heavy atom. The summed E-state index contributed by atoms with van der Waals surface area (Å²) < 4.78 is 12.1. The molecule has 0 fully saturated rings. The number of nitrogens with zero attached hydrogens (tertiary/aromatic N) is 1. The van der Waals surface area contributed by atoms with Crippen LogP contribution in [0.3, 0.4) is 0 Å². The Morgan fingerprint density at radius 3 is 2.57 bits per heavy atom. The average molecular weight is 397 g/mol. The van der Waals surface area contributed by atoms with Crippen LogP contribution in [0, 0.1) is 10.5 Å². The minimum Gasteiger partial charge on any atom is -0.493 e. The van der Waals surface area contributed by atoms with E-state index in [2.05, 4.69) is 46.8 Å². The van der Waals surface area contributed by atoms with Gasteiger partial charge in [-0.15, -0.1) is 0 Å². The highest BCUT2D eigenvalue weighted by molar-refractivity contribution is 14.1. The molecule has 0 aliphatic rings. The average Bonchev–Trinajstić information content (AvgIpc) is 2.47. The third-order valence-electron chi connectivity index (χ3n) is 2.96. The molecule has 0 aromatic heterocycles. The van der Waals surface area contributed by atoms with Crippen molar-refractivity contribution in [3.05, 3.63) is 56.7 Å². The van der Waals surface area contributed by atoms with Gasteiger partial charge in [0.15, 0.2) is 11.5 Å². The van der Waals surface area contributed by atoms with Crippen molar-refractivity contribution in [3.63, 3.8) is 0 Å². The lowest BCUT2D eigenvalue weighted by Crippen LogP contribution is -2.00. The second-order valence-electron chi connectivity index (χ2n) is 4.55. The summed E-state index contributed by atoms with van der Waals surface area (Å²) in [6.45, 7) is 2.53. The highest BCUT2D eigenvalue weighted by atomic mass is 127. The van der Waals surface area contributed by atoms with Gasteiger partial charge in [-0.3, -0.25) is 0 Å². The van der Waals surface area contributed by atoms with Crippen LogP contribution in [-0.2, 0) is 6.61 Å². The molecule has 5 heteroatoms. The largest absolute Gasteiger partial charge is 0.493 e. The van der Waals surface area contributed by atoms with Crippen LogP contribution in [0.4, 0.5) is 0 Å². The molecule has 4 nitrogen and oxygen atoms in total. The topological polar surface area (TPSA) is 51.0 Å². The summed E-state index contributed by atoms with van der Waals surface area (Å²) >= 11 is 2.17. The summed E-state index contributed by atoms with van der Waals surface area (Å²) in [7, 11) is 1.59. The first-order chi connectivity index (χ1) is 10.1. The molecule has 0 spiro atoms. The molecule has 21 heavy (non-hydrogen) atoms. The zero-order valence-electron chi connectivity index (χ0n) is 11.8. The molecule has 110 valence electrons. The Kier molecular flexibility index (Phi) is 5.44. The van der Waals surface area contributed by atoms with Gasteiger partial charge in [-0.1, -0.05) is 35.0 Å². The summed E-state index contributed by atoms with van der Waals surface area (Å²) in [4.78, 5) is 0. The van der Waals surface area contributed by atoms with Crippen LogP contribution in [-0.4, -0.2) is 18.5 Å². The maximum atomic E-state index is 8.61. The van der Waals surface area contributed by atoms with Crippen molar-refractivity contribution in [1.29, 1.82) is 0 Å².